The van der Waals surface area contributed by atoms with Crippen molar-refractivity contribution in [1.82, 2.24) is 20.4 Å². The Bertz CT molecular complexity index is 787. The second-order valence-electron chi connectivity index (χ2n) is 7.26. The predicted octanol–water partition coefficient (Wildman–Crippen LogP) is 1.53. The van der Waals surface area contributed by atoms with E-state index in [1.54, 1.807) is 17.8 Å². The van der Waals surface area contributed by atoms with Gasteiger partial charge in [-0.3, -0.25) is 9.48 Å². The van der Waals surface area contributed by atoms with Crippen molar-refractivity contribution in [3.8, 4) is 0 Å². The Morgan fingerprint density at radius 1 is 1.39 bits per heavy atom. The smallest absolute Gasteiger partial charge is 0.224 e. The molecule has 1 aromatic carbocycles. The van der Waals surface area contributed by atoms with Crippen molar-refractivity contribution in [3.63, 3.8) is 0 Å². The molecule has 23 heavy (non-hydrogen) atoms. The standard InChI is InChI=1S/C17H21FN4O/c1-17(2,20-16(23)14-11-7-19-8-12(11)14)15-10-5-4-9(18)6-13(10)22(3)21-15/h4-6,11-12,14,19H,7-8H2,1-3H3,(H,20,23)/t11-,12+,14?. The molecular weight excluding hydrogens is 295 g/mol. The molecule has 1 aromatic heterocycles. The molecule has 1 aliphatic heterocycles. The van der Waals surface area contributed by atoms with Gasteiger partial charge in [0, 0.05) is 18.4 Å². The Morgan fingerprint density at radius 3 is 2.78 bits per heavy atom. The molecular formula is C17H21FN4O. The molecule has 1 saturated heterocycles. The lowest BCUT2D eigenvalue weighted by Gasteiger charge is -2.25. The first-order valence-corrected chi connectivity index (χ1v) is 8.04. The summed E-state index contributed by atoms with van der Waals surface area (Å²) in [7, 11) is 1.79. The molecule has 5 nitrogen and oxygen atoms in total. The van der Waals surface area contributed by atoms with Crippen molar-refractivity contribution in [2.45, 2.75) is 19.4 Å². The van der Waals surface area contributed by atoms with Crippen LogP contribution >= 0.6 is 0 Å². The van der Waals surface area contributed by atoms with Gasteiger partial charge in [0.15, 0.2) is 0 Å². The molecule has 6 heteroatoms. The summed E-state index contributed by atoms with van der Waals surface area (Å²) in [5, 5.41) is 11.9. The molecule has 1 saturated carbocycles. The van der Waals surface area contributed by atoms with E-state index in [-0.39, 0.29) is 17.6 Å². The van der Waals surface area contributed by atoms with Crippen LogP contribution in [0.2, 0.25) is 0 Å². The van der Waals surface area contributed by atoms with Gasteiger partial charge < -0.3 is 10.6 Å². The van der Waals surface area contributed by atoms with E-state index >= 15 is 0 Å². The van der Waals surface area contributed by atoms with Crippen LogP contribution in [0.4, 0.5) is 4.39 Å². The van der Waals surface area contributed by atoms with Gasteiger partial charge in [-0.15, -0.1) is 0 Å². The van der Waals surface area contributed by atoms with Crippen molar-refractivity contribution in [2.24, 2.45) is 24.8 Å². The van der Waals surface area contributed by atoms with Gasteiger partial charge in [0.2, 0.25) is 5.91 Å². The van der Waals surface area contributed by atoms with Gasteiger partial charge in [-0.2, -0.15) is 5.10 Å². The Morgan fingerprint density at radius 2 is 2.09 bits per heavy atom. The molecule has 2 fully saturated rings. The maximum absolute atomic E-state index is 13.5. The van der Waals surface area contributed by atoms with Crippen molar-refractivity contribution in [2.75, 3.05) is 13.1 Å². The van der Waals surface area contributed by atoms with E-state index in [0.717, 1.165) is 29.7 Å². The van der Waals surface area contributed by atoms with Crippen molar-refractivity contribution in [3.05, 3.63) is 29.7 Å². The number of nitrogens with zero attached hydrogens (tertiary/aromatic N) is 2. The number of hydrogen-bond donors (Lipinski definition) is 2. The molecule has 2 N–H and O–H groups in total. The maximum Gasteiger partial charge on any atom is 0.224 e. The largest absolute Gasteiger partial charge is 0.345 e. The Balaban J connectivity index is 1.62. The first-order valence-electron chi connectivity index (χ1n) is 8.04. The van der Waals surface area contributed by atoms with Crippen LogP contribution in [0.5, 0.6) is 0 Å². The second kappa shape index (κ2) is 4.77. The highest BCUT2D eigenvalue weighted by molar-refractivity contribution is 5.86. The fraction of sp³-hybridized carbons (Fsp3) is 0.529. The molecule has 0 spiro atoms. The number of benzene rings is 1. The molecule has 3 atom stereocenters. The lowest BCUT2D eigenvalue weighted by molar-refractivity contribution is -0.124. The lowest BCUT2D eigenvalue weighted by atomic mass is 9.96. The minimum absolute atomic E-state index is 0.104. The summed E-state index contributed by atoms with van der Waals surface area (Å²) in [6.07, 6.45) is 0. The SMILES string of the molecule is Cn1nc(C(C)(C)NC(=O)C2[C@H]3CNC[C@@H]23)c2ccc(F)cc21. The van der Waals surface area contributed by atoms with E-state index in [0.29, 0.717) is 11.8 Å². The topological polar surface area (TPSA) is 59.0 Å². The minimum atomic E-state index is -0.598. The molecule has 2 aliphatic rings. The highest BCUT2D eigenvalue weighted by Gasteiger charge is 2.57. The van der Waals surface area contributed by atoms with Gasteiger partial charge >= 0.3 is 0 Å². The molecule has 0 bridgehead atoms. The van der Waals surface area contributed by atoms with Crippen molar-refractivity contribution < 1.29 is 9.18 Å². The van der Waals surface area contributed by atoms with Crippen LogP contribution in [0, 0.1) is 23.6 Å². The number of carbonyl (C=O) groups excluding carboxylic acids is 1. The monoisotopic (exact) mass is 316 g/mol. The van der Waals surface area contributed by atoms with Crippen LogP contribution in [0.3, 0.4) is 0 Å². The van der Waals surface area contributed by atoms with E-state index in [2.05, 4.69) is 15.7 Å². The summed E-state index contributed by atoms with van der Waals surface area (Å²) < 4.78 is 15.1. The number of nitrogens with one attached hydrogen (secondary N) is 2. The number of halogens is 1. The Labute approximate surface area is 134 Å². The van der Waals surface area contributed by atoms with E-state index in [9.17, 15) is 9.18 Å². The molecule has 2 aromatic rings. The Kier molecular flexibility index (Phi) is 3.04. The van der Waals surface area contributed by atoms with E-state index in [4.69, 9.17) is 0 Å². The zero-order valence-corrected chi connectivity index (χ0v) is 13.6. The first kappa shape index (κ1) is 14.6. The highest BCUT2D eigenvalue weighted by atomic mass is 19.1. The number of aryl methyl sites for hydroxylation is 1. The summed E-state index contributed by atoms with van der Waals surface area (Å²) in [4.78, 5) is 12.6. The molecule has 1 unspecified atom stereocenters. The number of piperidine rings is 1. The third-order valence-electron chi connectivity index (χ3n) is 5.24. The van der Waals surface area contributed by atoms with Crippen LogP contribution in [-0.4, -0.2) is 28.8 Å². The summed E-state index contributed by atoms with van der Waals surface area (Å²) in [6.45, 7) is 5.78. The van der Waals surface area contributed by atoms with Crippen LogP contribution in [-0.2, 0) is 17.4 Å². The third kappa shape index (κ3) is 2.24. The van der Waals surface area contributed by atoms with E-state index in [1.165, 1.54) is 12.1 Å². The van der Waals surface area contributed by atoms with Gasteiger partial charge in [0.25, 0.3) is 0 Å². The fourth-order valence-electron chi connectivity index (χ4n) is 3.95. The minimum Gasteiger partial charge on any atom is -0.345 e. The van der Waals surface area contributed by atoms with E-state index < -0.39 is 5.54 Å². The number of rotatable bonds is 3. The molecule has 2 heterocycles. The number of hydrogen-bond acceptors (Lipinski definition) is 3. The average Bonchev–Trinajstić information content (AvgIpc) is 2.81. The van der Waals surface area contributed by atoms with Crippen molar-refractivity contribution >= 4 is 16.8 Å². The fourth-order valence-corrected chi connectivity index (χ4v) is 3.95. The quantitative estimate of drug-likeness (QED) is 0.903. The van der Waals surface area contributed by atoms with Gasteiger partial charge in [-0.1, -0.05) is 0 Å². The molecule has 0 radical (unpaired) electrons. The van der Waals surface area contributed by atoms with Gasteiger partial charge in [-0.05, 0) is 57.0 Å². The second-order valence-corrected chi connectivity index (χ2v) is 7.26. The van der Waals surface area contributed by atoms with Gasteiger partial charge in [0.05, 0.1) is 16.7 Å². The van der Waals surface area contributed by atoms with Crippen LogP contribution in [0.25, 0.3) is 10.9 Å². The normalized spacial score (nSPS) is 26.3. The van der Waals surface area contributed by atoms with Gasteiger partial charge in [0.1, 0.15) is 5.82 Å². The first-order chi connectivity index (χ1) is 10.9. The van der Waals surface area contributed by atoms with Crippen LogP contribution in [0.1, 0.15) is 19.5 Å². The van der Waals surface area contributed by atoms with Crippen LogP contribution < -0.4 is 10.6 Å². The molecule has 4 rings (SSSR count). The lowest BCUT2D eigenvalue weighted by Crippen LogP contribution is -2.43. The number of aromatic nitrogens is 2. The maximum atomic E-state index is 13.5. The average molecular weight is 316 g/mol. The summed E-state index contributed by atoms with van der Waals surface area (Å²) >= 11 is 0. The van der Waals surface area contributed by atoms with Crippen LogP contribution in [0.15, 0.2) is 18.2 Å². The number of carbonyl (C=O) groups is 1. The third-order valence-corrected chi connectivity index (χ3v) is 5.24. The van der Waals surface area contributed by atoms with Crippen molar-refractivity contribution in [1.29, 1.82) is 0 Å². The molecule has 1 amide bonds. The summed E-state index contributed by atoms with van der Waals surface area (Å²) in [5.74, 6) is 0.920. The van der Waals surface area contributed by atoms with E-state index in [1.807, 2.05) is 13.8 Å². The summed E-state index contributed by atoms with van der Waals surface area (Å²) in [6, 6.07) is 4.64. The number of amides is 1. The zero-order valence-electron chi connectivity index (χ0n) is 13.6. The summed E-state index contributed by atoms with van der Waals surface area (Å²) in [5.41, 5.74) is 0.903. The molecule has 122 valence electrons. The highest BCUT2D eigenvalue weighted by Crippen LogP contribution is 2.49. The predicted molar refractivity (Wildman–Crippen MR) is 85.2 cm³/mol. The molecule has 1 aliphatic carbocycles. The Hall–Kier alpha value is -1.95. The zero-order chi connectivity index (χ0) is 16.4. The number of fused-ring (bicyclic) bond motifs is 2. The van der Waals surface area contributed by atoms with Gasteiger partial charge in [-0.25, -0.2) is 4.39 Å².